The van der Waals surface area contributed by atoms with Gasteiger partial charge in [-0.15, -0.1) is 0 Å². The second-order valence-corrected chi connectivity index (χ2v) is 8.08. The van der Waals surface area contributed by atoms with Crippen LogP contribution in [0.2, 0.25) is 0 Å². The Morgan fingerprint density at radius 1 is 1.17 bits per heavy atom. The van der Waals surface area contributed by atoms with Gasteiger partial charge in [-0.1, -0.05) is 12.1 Å². The predicted molar refractivity (Wildman–Crippen MR) is 103 cm³/mol. The fourth-order valence-corrected chi connectivity index (χ4v) is 4.91. The van der Waals surface area contributed by atoms with Crippen molar-refractivity contribution >= 4 is 23.6 Å². The number of fused-ring (bicyclic) bond motifs is 2. The number of benzene rings is 1. The first-order valence-corrected chi connectivity index (χ1v) is 10.0. The zero-order valence-electron chi connectivity index (χ0n) is 16.3. The number of amides is 4. The average Bonchev–Trinajstić information content (AvgIpc) is 2.93. The van der Waals surface area contributed by atoms with Crippen LogP contribution < -0.4 is 10.6 Å². The number of nitrogens with zero attached hydrogens (tertiary/aromatic N) is 1. The number of hydrogen-bond acceptors (Lipinski definition) is 5. The van der Waals surface area contributed by atoms with Gasteiger partial charge in [0.1, 0.15) is 6.54 Å². The van der Waals surface area contributed by atoms with Crippen LogP contribution in [0.3, 0.4) is 0 Å². The third kappa shape index (κ3) is 3.76. The van der Waals surface area contributed by atoms with Gasteiger partial charge < -0.3 is 15.4 Å². The highest BCUT2D eigenvalue weighted by molar-refractivity contribution is 6.22. The SMILES string of the molecule is COCC1CC(=O)NC2CC(NC(=O)CN3C(=O)c4ccccc4C3=O)CCC12. The van der Waals surface area contributed by atoms with E-state index in [0.717, 1.165) is 17.7 Å². The minimum Gasteiger partial charge on any atom is -0.384 e. The van der Waals surface area contributed by atoms with E-state index in [1.54, 1.807) is 31.4 Å². The molecule has 0 radical (unpaired) electrons. The van der Waals surface area contributed by atoms with Crippen molar-refractivity contribution in [3.05, 3.63) is 35.4 Å². The van der Waals surface area contributed by atoms with Crippen molar-refractivity contribution < 1.29 is 23.9 Å². The normalized spacial score (nSPS) is 28.6. The van der Waals surface area contributed by atoms with Crippen molar-refractivity contribution in [2.45, 2.75) is 37.8 Å². The summed E-state index contributed by atoms with van der Waals surface area (Å²) in [6, 6.07) is 6.49. The summed E-state index contributed by atoms with van der Waals surface area (Å²) in [4.78, 5) is 50.4. The molecule has 4 rings (SSSR count). The Bertz CT molecular complexity index is 819. The zero-order valence-corrected chi connectivity index (χ0v) is 16.3. The van der Waals surface area contributed by atoms with E-state index in [2.05, 4.69) is 10.6 Å². The maximum Gasteiger partial charge on any atom is 0.262 e. The van der Waals surface area contributed by atoms with Gasteiger partial charge in [0.05, 0.1) is 11.1 Å². The quantitative estimate of drug-likeness (QED) is 0.710. The summed E-state index contributed by atoms with van der Waals surface area (Å²) >= 11 is 0. The highest BCUT2D eigenvalue weighted by Gasteiger charge is 2.41. The number of carbonyl (C=O) groups is 4. The first-order chi connectivity index (χ1) is 14.0. The lowest BCUT2D eigenvalue weighted by molar-refractivity contribution is -0.128. The lowest BCUT2D eigenvalue weighted by Crippen LogP contribution is -2.56. The summed E-state index contributed by atoms with van der Waals surface area (Å²) in [5, 5.41) is 5.99. The minimum absolute atomic E-state index is 0.00903. The lowest BCUT2D eigenvalue weighted by atomic mass is 9.71. The van der Waals surface area contributed by atoms with Crippen LogP contribution in [0.4, 0.5) is 0 Å². The molecule has 4 amide bonds. The molecule has 1 aliphatic carbocycles. The van der Waals surface area contributed by atoms with Crippen LogP contribution in [0.1, 0.15) is 46.4 Å². The molecule has 4 atom stereocenters. The summed E-state index contributed by atoms with van der Waals surface area (Å²) < 4.78 is 5.27. The first kappa shape index (κ1) is 19.6. The monoisotopic (exact) mass is 399 g/mol. The molecule has 2 fully saturated rings. The molecule has 2 aliphatic heterocycles. The average molecular weight is 399 g/mol. The molecule has 0 bridgehead atoms. The molecule has 1 aromatic rings. The standard InChI is InChI=1S/C21H25N3O5/c1-29-11-12-8-18(25)23-17-9-13(6-7-14(12)17)22-19(26)10-24-20(27)15-4-2-3-5-16(15)21(24)28/h2-5,12-14,17H,6-11H2,1H3,(H,22,26)(H,23,25). The fraction of sp³-hybridized carbons (Fsp3) is 0.524. The molecule has 154 valence electrons. The van der Waals surface area contributed by atoms with E-state index in [1.807, 2.05) is 0 Å². The van der Waals surface area contributed by atoms with Gasteiger partial charge in [0.15, 0.2) is 0 Å². The number of carbonyl (C=O) groups excluding carboxylic acids is 4. The van der Waals surface area contributed by atoms with E-state index < -0.39 is 11.8 Å². The molecule has 4 unspecified atom stereocenters. The predicted octanol–water partition coefficient (Wildman–Crippen LogP) is 0.719. The third-order valence-electron chi connectivity index (χ3n) is 6.23. The molecule has 1 saturated heterocycles. The van der Waals surface area contributed by atoms with Gasteiger partial charge in [-0.25, -0.2) is 0 Å². The molecule has 1 saturated carbocycles. The van der Waals surface area contributed by atoms with E-state index in [1.165, 1.54) is 0 Å². The summed E-state index contributed by atoms with van der Waals surface area (Å²) in [6.07, 6.45) is 2.80. The number of rotatable bonds is 5. The van der Waals surface area contributed by atoms with Crippen LogP contribution in [0.15, 0.2) is 24.3 Å². The molecular formula is C21H25N3O5. The molecule has 8 nitrogen and oxygen atoms in total. The van der Waals surface area contributed by atoms with E-state index >= 15 is 0 Å². The largest absolute Gasteiger partial charge is 0.384 e. The van der Waals surface area contributed by atoms with Crippen molar-refractivity contribution in [3.63, 3.8) is 0 Å². The van der Waals surface area contributed by atoms with Crippen LogP contribution in [0.25, 0.3) is 0 Å². The third-order valence-corrected chi connectivity index (χ3v) is 6.23. The Labute approximate surface area is 169 Å². The molecule has 29 heavy (non-hydrogen) atoms. The summed E-state index contributed by atoms with van der Waals surface area (Å²) in [7, 11) is 1.65. The number of imide groups is 1. The maximum absolute atomic E-state index is 12.5. The van der Waals surface area contributed by atoms with E-state index in [4.69, 9.17) is 4.74 Å². The lowest BCUT2D eigenvalue weighted by Gasteiger charge is -2.44. The minimum atomic E-state index is -0.439. The van der Waals surface area contributed by atoms with Crippen molar-refractivity contribution in [1.29, 1.82) is 0 Å². The van der Waals surface area contributed by atoms with Gasteiger partial charge in [0.2, 0.25) is 11.8 Å². The Morgan fingerprint density at radius 3 is 2.52 bits per heavy atom. The molecule has 0 aromatic heterocycles. The van der Waals surface area contributed by atoms with Crippen molar-refractivity contribution in [2.75, 3.05) is 20.3 Å². The van der Waals surface area contributed by atoms with Gasteiger partial charge in [0.25, 0.3) is 11.8 Å². The fourth-order valence-electron chi connectivity index (χ4n) is 4.91. The van der Waals surface area contributed by atoms with Crippen molar-refractivity contribution in [1.82, 2.24) is 15.5 Å². The van der Waals surface area contributed by atoms with E-state index in [9.17, 15) is 19.2 Å². The summed E-state index contributed by atoms with van der Waals surface area (Å²) in [6.45, 7) is 0.265. The number of nitrogens with one attached hydrogen (secondary N) is 2. The number of piperidine rings is 1. The van der Waals surface area contributed by atoms with Gasteiger partial charge in [0, 0.05) is 32.2 Å². The van der Waals surface area contributed by atoms with Crippen LogP contribution in [0, 0.1) is 11.8 Å². The Balaban J connectivity index is 1.35. The van der Waals surface area contributed by atoms with Crippen molar-refractivity contribution in [3.8, 4) is 0 Å². The van der Waals surface area contributed by atoms with Gasteiger partial charge >= 0.3 is 0 Å². The van der Waals surface area contributed by atoms with Crippen LogP contribution in [-0.2, 0) is 14.3 Å². The van der Waals surface area contributed by atoms with Crippen LogP contribution in [0.5, 0.6) is 0 Å². The smallest absolute Gasteiger partial charge is 0.262 e. The Morgan fingerprint density at radius 2 is 1.86 bits per heavy atom. The van der Waals surface area contributed by atoms with Gasteiger partial charge in [-0.05, 0) is 43.2 Å². The first-order valence-electron chi connectivity index (χ1n) is 10.0. The zero-order chi connectivity index (χ0) is 20.5. The van der Waals surface area contributed by atoms with Crippen LogP contribution in [-0.4, -0.2) is 60.9 Å². The molecule has 1 aromatic carbocycles. The number of ether oxygens (including phenoxy) is 1. The highest BCUT2D eigenvalue weighted by Crippen LogP contribution is 2.35. The Kier molecular flexibility index (Phi) is 5.36. The molecule has 3 aliphatic rings. The molecule has 2 heterocycles. The highest BCUT2D eigenvalue weighted by atomic mass is 16.5. The van der Waals surface area contributed by atoms with E-state index in [0.29, 0.717) is 36.5 Å². The topological polar surface area (TPSA) is 105 Å². The van der Waals surface area contributed by atoms with Crippen LogP contribution >= 0.6 is 0 Å². The van der Waals surface area contributed by atoms with Crippen molar-refractivity contribution in [2.24, 2.45) is 11.8 Å². The van der Waals surface area contributed by atoms with Gasteiger partial charge in [-0.2, -0.15) is 0 Å². The molecule has 2 N–H and O–H groups in total. The summed E-state index contributed by atoms with van der Waals surface area (Å²) in [5.74, 6) is -0.673. The van der Waals surface area contributed by atoms with E-state index in [-0.39, 0.29) is 36.4 Å². The molecule has 0 spiro atoms. The summed E-state index contributed by atoms with van der Waals surface area (Å²) in [5.41, 5.74) is 0.667. The second kappa shape index (κ2) is 7.94. The maximum atomic E-state index is 12.5. The molecular weight excluding hydrogens is 374 g/mol. The number of hydrogen-bond donors (Lipinski definition) is 2. The Hall–Kier alpha value is -2.74. The van der Waals surface area contributed by atoms with Gasteiger partial charge in [-0.3, -0.25) is 24.1 Å². The second-order valence-electron chi connectivity index (χ2n) is 8.08. The molecule has 8 heteroatoms. The number of methoxy groups -OCH3 is 1.